The molecule has 1 aromatic rings. The summed E-state index contributed by atoms with van der Waals surface area (Å²) in [6.07, 6.45) is -2.98. The number of methoxy groups -OCH3 is 1. The van der Waals surface area contributed by atoms with E-state index >= 15 is 0 Å². The molecule has 0 fully saturated rings. The summed E-state index contributed by atoms with van der Waals surface area (Å²) in [7, 11) is 1.28. The van der Waals surface area contributed by atoms with Crippen molar-refractivity contribution in [1.82, 2.24) is 4.90 Å². The van der Waals surface area contributed by atoms with Gasteiger partial charge in [-0.1, -0.05) is 12.1 Å². The smallest absolute Gasteiger partial charge is 0.416 e. The number of carbonyl (C=O) groups excluding carboxylic acids is 1. The highest BCUT2D eigenvalue weighted by molar-refractivity contribution is 5.80. The van der Waals surface area contributed by atoms with Crippen LogP contribution >= 0.6 is 0 Å². The van der Waals surface area contributed by atoms with Gasteiger partial charge in [-0.3, -0.25) is 4.79 Å². The molecule has 170 valence electrons. The number of benzene rings is 1. The lowest BCUT2D eigenvalue weighted by molar-refractivity contribution is -0.159. The summed E-state index contributed by atoms with van der Waals surface area (Å²) in [6, 6.07) is 2.86. The summed E-state index contributed by atoms with van der Waals surface area (Å²) in [5, 5.41) is 8.85. The van der Waals surface area contributed by atoms with E-state index in [-0.39, 0.29) is 35.9 Å². The first-order valence-electron chi connectivity index (χ1n) is 9.34. The molecule has 1 N–H and O–H groups in total. The molecule has 0 saturated heterocycles. The third kappa shape index (κ3) is 5.23. The quantitative estimate of drug-likeness (QED) is 0.614. The Morgan fingerprint density at radius 3 is 2.32 bits per heavy atom. The Morgan fingerprint density at radius 2 is 1.84 bits per heavy atom. The minimum absolute atomic E-state index is 0.111. The van der Waals surface area contributed by atoms with Crippen molar-refractivity contribution < 1.29 is 41.4 Å². The molecule has 0 aliphatic heterocycles. The van der Waals surface area contributed by atoms with Crippen LogP contribution in [0.5, 0.6) is 0 Å². The zero-order valence-electron chi connectivity index (χ0n) is 17.1. The normalized spacial score (nSPS) is 17.0. The van der Waals surface area contributed by atoms with E-state index in [1.165, 1.54) is 25.0 Å². The van der Waals surface area contributed by atoms with Crippen LogP contribution in [0.1, 0.15) is 42.9 Å². The number of ether oxygens (including phenoxy) is 1. The second kappa shape index (κ2) is 9.07. The Bertz CT molecular complexity index is 921. The molecule has 1 amide bonds. The van der Waals surface area contributed by atoms with Gasteiger partial charge >= 0.3 is 18.1 Å². The number of allylic oxidation sites excluding steroid dienone is 3. The Labute approximate surface area is 175 Å². The molecule has 0 aromatic heterocycles. The van der Waals surface area contributed by atoms with Crippen LogP contribution in [-0.2, 0) is 27.0 Å². The van der Waals surface area contributed by atoms with Gasteiger partial charge in [-0.15, -0.1) is 0 Å². The van der Waals surface area contributed by atoms with Gasteiger partial charge in [0.2, 0.25) is 5.91 Å². The maximum atomic E-state index is 14.1. The van der Waals surface area contributed by atoms with Crippen molar-refractivity contribution in [2.45, 2.75) is 44.8 Å². The summed E-state index contributed by atoms with van der Waals surface area (Å²) in [5.74, 6) is -7.59. The van der Waals surface area contributed by atoms with E-state index in [0.717, 1.165) is 24.3 Å². The third-order valence-electron chi connectivity index (χ3n) is 5.16. The van der Waals surface area contributed by atoms with E-state index in [1.807, 2.05) is 0 Å². The van der Waals surface area contributed by atoms with Crippen molar-refractivity contribution in [3.8, 4) is 0 Å². The van der Waals surface area contributed by atoms with E-state index in [1.54, 1.807) is 6.92 Å². The van der Waals surface area contributed by atoms with Crippen LogP contribution in [0, 0.1) is 0 Å². The average molecular weight is 447 g/mol. The molecule has 0 bridgehead atoms. The minimum Gasteiger partial charge on any atom is -0.500 e. The van der Waals surface area contributed by atoms with Gasteiger partial charge in [0.1, 0.15) is 5.76 Å². The molecule has 10 heteroatoms. The molecule has 0 saturated carbocycles. The third-order valence-corrected chi connectivity index (χ3v) is 5.16. The number of carboxylic acid groups (broad SMARTS) is 1. The predicted octanol–water partition coefficient (Wildman–Crippen LogP) is 4.74. The lowest BCUT2D eigenvalue weighted by Crippen LogP contribution is -2.33. The van der Waals surface area contributed by atoms with E-state index in [4.69, 9.17) is 9.84 Å². The van der Waals surface area contributed by atoms with Crippen molar-refractivity contribution in [3.05, 3.63) is 58.4 Å². The summed E-state index contributed by atoms with van der Waals surface area (Å²) < 4.78 is 73.3. The van der Waals surface area contributed by atoms with Gasteiger partial charge in [0.25, 0.3) is 0 Å². The average Bonchev–Trinajstić information content (AvgIpc) is 2.70. The fraction of sp³-hybridized carbons (Fsp3) is 0.429. The molecule has 1 aliphatic rings. The summed E-state index contributed by atoms with van der Waals surface area (Å²) >= 11 is 0. The highest BCUT2D eigenvalue weighted by Crippen LogP contribution is 2.43. The number of hydrogen-bond donors (Lipinski definition) is 1. The number of rotatable bonds is 7. The van der Waals surface area contributed by atoms with Gasteiger partial charge in [0.15, 0.2) is 0 Å². The lowest BCUT2D eigenvalue weighted by Gasteiger charge is -2.30. The van der Waals surface area contributed by atoms with Crippen LogP contribution in [0.4, 0.5) is 22.0 Å². The van der Waals surface area contributed by atoms with Crippen molar-refractivity contribution in [1.29, 1.82) is 0 Å². The van der Waals surface area contributed by atoms with Crippen LogP contribution in [0.25, 0.3) is 0 Å². The van der Waals surface area contributed by atoms with E-state index in [9.17, 15) is 31.5 Å². The SMILES string of the molecule is CCN(Cc1cc(C(F)(F)F)ccc1C1CC(C(F)(F)C(=O)O)=CC=C1OC)C(C)=O. The molecule has 0 heterocycles. The van der Waals surface area contributed by atoms with E-state index < -0.39 is 41.5 Å². The Morgan fingerprint density at radius 1 is 1.19 bits per heavy atom. The van der Waals surface area contributed by atoms with Crippen molar-refractivity contribution in [2.75, 3.05) is 13.7 Å². The standard InChI is InChI=1S/C21H22F5NO4/c1-4-27(12(2)28)11-13-9-15(21(24,25)26)5-7-16(13)17-10-14(6-8-18(17)31-3)20(22,23)19(29)30/h5-9,17H,4,10-11H2,1-3H3,(H,29,30). The molecule has 0 radical (unpaired) electrons. The highest BCUT2D eigenvalue weighted by Gasteiger charge is 2.45. The van der Waals surface area contributed by atoms with Crippen LogP contribution in [0.2, 0.25) is 0 Å². The zero-order valence-corrected chi connectivity index (χ0v) is 17.1. The second-order valence-electron chi connectivity index (χ2n) is 7.05. The van der Waals surface area contributed by atoms with Gasteiger partial charge in [-0.2, -0.15) is 22.0 Å². The molecule has 31 heavy (non-hydrogen) atoms. The van der Waals surface area contributed by atoms with Crippen LogP contribution in [-0.4, -0.2) is 41.5 Å². The predicted molar refractivity (Wildman–Crippen MR) is 101 cm³/mol. The van der Waals surface area contributed by atoms with E-state index in [0.29, 0.717) is 0 Å². The Balaban J connectivity index is 2.59. The lowest BCUT2D eigenvalue weighted by atomic mass is 9.81. The monoisotopic (exact) mass is 447 g/mol. The number of alkyl halides is 5. The molecule has 1 aromatic carbocycles. The van der Waals surface area contributed by atoms with Gasteiger partial charge < -0.3 is 14.7 Å². The van der Waals surface area contributed by atoms with Gasteiger partial charge in [-0.05, 0) is 42.7 Å². The zero-order chi connectivity index (χ0) is 23.6. The summed E-state index contributed by atoms with van der Waals surface area (Å²) in [6.45, 7) is 2.98. The van der Waals surface area contributed by atoms with Crippen LogP contribution in [0.15, 0.2) is 41.7 Å². The summed E-state index contributed by atoms with van der Waals surface area (Å²) in [5.41, 5.74) is -1.29. The number of amides is 1. The van der Waals surface area contributed by atoms with Crippen molar-refractivity contribution in [2.24, 2.45) is 0 Å². The molecule has 2 rings (SSSR count). The second-order valence-corrected chi connectivity index (χ2v) is 7.05. The number of carbonyl (C=O) groups is 2. The number of aliphatic carboxylic acids is 1. The van der Waals surface area contributed by atoms with Gasteiger partial charge in [-0.25, -0.2) is 4.79 Å². The van der Waals surface area contributed by atoms with Gasteiger partial charge in [0, 0.05) is 31.5 Å². The first-order chi connectivity index (χ1) is 14.3. The van der Waals surface area contributed by atoms with Crippen molar-refractivity contribution in [3.63, 3.8) is 0 Å². The first kappa shape index (κ1) is 24.4. The molecule has 5 nitrogen and oxygen atoms in total. The minimum atomic E-state index is -4.64. The molecule has 1 atom stereocenters. The van der Waals surface area contributed by atoms with E-state index in [2.05, 4.69) is 0 Å². The first-order valence-corrected chi connectivity index (χ1v) is 9.34. The van der Waals surface area contributed by atoms with Gasteiger partial charge in [0.05, 0.1) is 12.7 Å². The number of hydrogen-bond acceptors (Lipinski definition) is 3. The molecule has 1 unspecified atom stereocenters. The molecule has 1 aliphatic carbocycles. The largest absolute Gasteiger partial charge is 0.500 e. The maximum Gasteiger partial charge on any atom is 0.416 e. The molecule has 0 spiro atoms. The van der Waals surface area contributed by atoms with Crippen LogP contribution in [0.3, 0.4) is 0 Å². The topological polar surface area (TPSA) is 66.8 Å². The molecular formula is C21H22F5NO4. The number of halogens is 5. The Kier molecular flexibility index (Phi) is 7.13. The molecular weight excluding hydrogens is 425 g/mol. The number of carboxylic acids is 1. The fourth-order valence-electron chi connectivity index (χ4n) is 3.44. The maximum absolute atomic E-state index is 14.1. The van der Waals surface area contributed by atoms with Crippen molar-refractivity contribution >= 4 is 11.9 Å². The summed E-state index contributed by atoms with van der Waals surface area (Å²) in [4.78, 5) is 24.1. The van der Waals surface area contributed by atoms with Crippen LogP contribution < -0.4 is 0 Å². The fourth-order valence-corrected chi connectivity index (χ4v) is 3.44. The highest BCUT2D eigenvalue weighted by atomic mass is 19.4. The Hall–Kier alpha value is -2.91. The number of nitrogens with zero attached hydrogens (tertiary/aromatic N) is 1.